The van der Waals surface area contributed by atoms with Crippen LogP contribution in [0.2, 0.25) is 0 Å². The minimum Gasteiger partial charge on any atom is -0.456 e. The van der Waals surface area contributed by atoms with E-state index in [1.54, 1.807) is 0 Å². The van der Waals surface area contributed by atoms with Crippen LogP contribution in [-0.2, 0) is 27.9 Å². The SMILES string of the molecule is CC/C=C/C=C/C=C/CCCCCCCCCC(=O)NC(COP(=O)(O)OCC[N+](C)(C)C)C(/C=C\CCCCCCCCCCCC)OC(=O)CCCCCCCCCCCCCCCCCCC/C=C\C/C=C\CCCCC. The largest absolute Gasteiger partial charge is 0.472 e. The Morgan fingerprint density at radius 1 is 0.463 bits per heavy atom. The third kappa shape index (κ3) is 60.1. The summed E-state index contributed by atoms with van der Waals surface area (Å²) in [5.74, 6) is -0.511. The van der Waals surface area contributed by atoms with Crippen LogP contribution in [0, 0.1) is 0 Å². The second-order valence-corrected chi connectivity index (χ2v) is 25.5. The van der Waals surface area contributed by atoms with Gasteiger partial charge in [-0.2, -0.15) is 0 Å². The van der Waals surface area contributed by atoms with Crippen LogP contribution >= 0.6 is 7.82 Å². The van der Waals surface area contributed by atoms with Gasteiger partial charge in [0, 0.05) is 12.8 Å². The molecule has 0 aromatic heterocycles. The fraction of sp³-hybridized carbons (Fsp3) is 0.800. The Hall–Kier alpha value is -2.55. The fourth-order valence-corrected chi connectivity index (χ4v) is 10.5. The topological polar surface area (TPSA) is 111 Å². The van der Waals surface area contributed by atoms with Crippen LogP contribution in [0.1, 0.15) is 310 Å². The summed E-state index contributed by atoms with van der Waals surface area (Å²) >= 11 is 0. The monoisotopic (exact) mass is 1140 g/mol. The molecular weight excluding hydrogens is 1010 g/mol. The average Bonchev–Trinajstić information content (AvgIpc) is 3.42. The van der Waals surface area contributed by atoms with Crippen LogP contribution in [0.25, 0.3) is 0 Å². The smallest absolute Gasteiger partial charge is 0.456 e. The highest BCUT2D eigenvalue weighted by atomic mass is 31.2. The first kappa shape index (κ1) is 77.5. The minimum atomic E-state index is -4.45. The van der Waals surface area contributed by atoms with Crippen LogP contribution in [0.4, 0.5) is 0 Å². The molecule has 0 saturated heterocycles. The Labute approximate surface area is 495 Å². The molecule has 0 heterocycles. The number of phosphoric ester groups is 1. The summed E-state index contributed by atoms with van der Waals surface area (Å²) < 4.78 is 30.7. The van der Waals surface area contributed by atoms with Gasteiger partial charge in [0.25, 0.3) is 0 Å². The molecule has 0 aliphatic rings. The second-order valence-electron chi connectivity index (χ2n) is 24.0. The summed E-state index contributed by atoms with van der Waals surface area (Å²) in [4.78, 5) is 37.8. The van der Waals surface area contributed by atoms with Crippen LogP contribution in [0.3, 0.4) is 0 Å². The number of hydrogen-bond donors (Lipinski definition) is 2. The van der Waals surface area contributed by atoms with Crippen molar-refractivity contribution in [3.8, 4) is 0 Å². The lowest BCUT2D eigenvalue weighted by Gasteiger charge is -2.27. The van der Waals surface area contributed by atoms with E-state index in [0.29, 0.717) is 17.4 Å². The van der Waals surface area contributed by atoms with Crippen LogP contribution in [0.15, 0.2) is 72.9 Å². The lowest BCUT2D eigenvalue weighted by molar-refractivity contribution is -0.870. The van der Waals surface area contributed by atoms with Gasteiger partial charge in [-0.1, -0.05) is 287 Å². The number of likely N-dealkylation sites (N-methyl/N-ethyl adjacent to an activating group) is 1. The molecule has 0 aliphatic heterocycles. The number of quaternary nitrogens is 1. The molecule has 9 nitrogen and oxygen atoms in total. The van der Waals surface area contributed by atoms with Crippen LogP contribution < -0.4 is 5.32 Å². The number of carbonyl (C=O) groups excluding carboxylic acids is 2. The standard InChI is InChI=1S/C70H129N2O7P/c1-7-10-13-16-19-22-25-28-30-31-32-33-34-35-36-37-38-39-40-41-43-45-48-51-54-57-60-63-70(74)79-68(61-58-55-52-49-46-27-24-21-18-15-12-9-3)67(66-78-80(75,76)77-65-64-72(4,5)6)71-69(73)62-59-56-53-50-47-44-42-29-26-23-20-17-14-11-8-2/h11,14,17,19-20,22-23,26,28,30,58,61,67-68H,7-10,12-13,15-16,18,21,24-25,27,29,31-57,59-60,62-66H2,1-6H3,(H-,71,73,75,76)/p+1/b14-11+,20-17+,22-19-,26-23+,30-28-,61-58-. The number of rotatable bonds is 61. The van der Waals surface area contributed by atoms with Gasteiger partial charge < -0.3 is 19.4 Å². The van der Waals surface area contributed by atoms with E-state index in [0.717, 1.165) is 83.5 Å². The Kier molecular flexibility index (Phi) is 57.7. The highest BCUT2D eigenvalue weighted by Gasteiger charge is 2.30. The third-order valence-corrected chi connectivity index (χ3v) is 15.9. The number of unbranched alkanes of at least 4 members (excludes halogenated alkanes) is 37. The van der Waals surface area contributed by atoms with E-state index in [2.05, 4.69) is 86.8 Å². The first-order valence-electron chi connectivity index (χ1n) is 33.8. The van der Waals surface area contributed by atoms with Crippen molar-refractivity contribution in [3.05, 3.63) is 72.9 Å². The molecule has 10 heteroatoms. The van der Waals surface area contributed by atoms with Crippen molar-refractivity contribution >= 4 is 19.7 Å². The molecule has 0 radical (unpaired) electrons. The Bertz CT molecular complexity index is 1600. The number of hydrogen-bond acceptors (Lipinski definition) is 6. The maximum absolute atomic E-state index is 13.5. The predicted octanol–water partition coefficient (Wildman–Crippen LogP) is 21.2. The highest BCUT2D eigenvalue weighted by Crippen LogP contribution is 2.43. The van der Waals surface area contributed by atoms with Gasteiger partial charge in [0.15, 0.2) is 0 Å². The highest BCUT2D eigenvalue weighted by molar-refractivity contribution is 7.47. The molecule has 3 unspecified atom stereocenters. The van der Waals surface area contributed by atoms with E-state index in [1.165, 1.54) is 193 Å². The number of ether oxygens (including phenoxy) is 1. The summed E-state index contributed by atoms with van der Waals surface area (Å²) in [6.45, 7) is 6.87. The predicted molar refractivity (Wildman–Crippen MR) is 346 cm³/mol. The molecule has 2 N–H and O–H groups in total. The third-order valence-electron chi connectivity index (χ3n) is 14.9. The minimum absolute atomic E-state index is 0.0366. The summed E-state index contributed by atoms with van der Waals surface area (Å²) in [5, 5.41) is 3.06. The van der Waals surface area contributed by atoms with Gasteiger partial charge in [0.2, 0.25) is 5.91 Å². The summed E-state index contributed by atoms with van der Waals surface area (Å²) in [5.41, 5.74) is 0. The Balaban J connectivity index is 5.02. The molecule has 0 aliphatic carbocycles. The number of carbonyl (C=O) groups is 2. The molecule has 0 bridgehead atoms. The fourth-order valence-electron chi connectivity index (χ4n) is 9.74. The van der Waals surface area contributed by atoms with Gasteiger partial charge in [-0.3, -0.25) is 18.6 Å². The Morgan fingerprint density at radius 3 is 1.31 bits per heavy atom. The lowest BCUT2D eigenvalue weighted by Crippen LogP contribution is -2.47. The van der Waals surface area contributed by atoms with E-state index in [1.807, 2.05) is 33.3 Å². The van der Waals surface area contributed by atoms with Crippen molar-refractivity contribution in [1.29, 1.82) is 0 Å². The van der Waals surface area contributed by atoms with Gasteiger partial charge in [-0.15, -0.1) is 0 Å². The quantitative estimate of drug-likeness (QED) is 0.0156. The molecule has 466 valence electrons. The maximum atomic E-state index is 13.5. The van der Waals surface area contributed by atoms with E-state index >= 15 is 0 Å². The van der Waals surface area contributed by atoms with Crippen LogP contribution in [0.5, 0.6) is 0 Å². The summed E-state index contributed by atoms with van der Waals surface area (Å²) in [7, 11) is 1.49. The van der Waals surface area contributed by atoms with Crippen molar-refractivity contribution in [2.24, 2.45) is 0 Å². The number of allylic oxidation sites excluding steroid dienone is 11. The number of nitrogens with one attached hydrogen (secondary N) is 1. The molecule has 0 aromatic rings. The zero-order valence-corrected chi connectivity index (χ0v) is 54.2. The molecular formula is C70H130N2O7P+. The molecule has 0 aromatic carbocycles. The van der Waals surface area contributed by atoms with Gasteiger partial charge >= 0.3 is 13.8 Å². The first-order chi connectivity index (χ1) is 38.9. The molecule has 3 atom stereocenters. The molecule has 1 amide bonds. The zero-order chi connectivity index (χ0) is 58.6. The van der Waals surface area contributed by atoms with Crippen molar-refractivity contribution < 1.29 is 37.3 Å². The van der Waals surface area contributed by atoms with Gasteiger partial charge in [0.1, 0.15) is 19.3 Å². The molecule has 80 heavy (non-hydrogen) atoms. The molecule has 0 saturated carbocycles. The number of esters is 1. The summed E-state index contributed by atoms with van der Waals surface area (Å²) in [6, 6.07) is -0.856. The number of phosphoric acid groups is 1. The average molecular weight is 1140 g/mol. The summed E-state index contributed by atoms with van der Waals surface area (Å²) in [6.07, 6.45) is 77.7. The van der Waals surface area contributed by atoms with E-state index in [-0.39, 0.29) is 31.5 Å². The lowest BCUT2D eigenvalue weighted by atomic mass is 10.0. The van der Waals surface area contributed by atoms with Crippen LogP contribution in [-0.4, -0.2) is 74.3 Å². The zero-order valence-electron chi connectivity index (χ0n) is 53.3. The molecule has 0 fully saturated rings. The first-order valence-corrected chi connectivity index (χ1v) is 35.3. The second kappa shape index (κ2) is 59.6. The molecule has 0 rings (SSSR count). The van der Waals surface area contributed by atoms with E-state index in [9.17, 15) is 19.0 Å². The number of nitrogens with zero attached hydrogens (tertiary/aromatic N) is 1. The van der Waals surface area contributed by atoms with Gasteiger partial charge in [-0.05, 0) is 83.1 Å². The van der Waals surface area contributed by atoms with E-state index in [4.69, 9.17) is 13.8 Å². The van der Waals surface area contributed by atoms with Crippen molar-refractivity contribution in [2.45, 2.75) is 322 Å². The van der Waals surface area contributed by atoms with E-state index < -0.39 is 20.0 Å². The van der Waals surface area contributed by atoms with Crippen molar-refractivity contribution in [1.82, 2.24) is 5.32 Å². The van der Waals surface area contributed by atoms with Crippen molar-refractivity contribution in [2.75, 3.05) is 40.9 Å². The van der Waals surface area contributed by atoms with Gasteiger partial charge in [-0.25, -0.2) is 4.57 Å². The van der Waals surface area contributed by atoms with Gasteiger partial charge in [0.05, 0.1) is 33.8 Å². The Morgan fingerprint density at radius 2 is 0.850 bits per heavy atom. The van der Waals surface area contributed by atoms with Crippen molar-refractivity contribution in [3.63, 3.8) is 0 Å². The number of amides is 1. The molecule has 0 spiro atoms. The normalized spacial score (nSPS) is 14.0. The maximum Gasteiger partial charge on any atom is 0.472 e.